The smallest absolute Gasteiger partial charge is 0.203 e. The molecule has 1 heterocycles. The zero-order chi connectivity index (χ0) is 13.8. The summed E-state index contributed by atoms with van der Waals surface area (Å²) in [5.74, 6) is 0.853. The summed E-state index contributed by atoms with van der Waals surface area (Å²) in [6, 6.07) is 4.14. The molecule has 1 aromatic carbocycles. The van der Waals surface area contributed by atoms with E-state index in [2.05, 4.69) is 28.5 Å². The normalized spacial score (nSPS) is 10.9. The summed E-state index contributed by atoms with van der Waals surface area (Å²) in [6.45, 7) is 6.04. The van der Waals surface area contributed by atoms with Crippen LogP contribution in [0.5, 0.6) is 5.75 Å². The molecule has 0 atom stereocenters. The minimum Gasteiger partial charge on any atom is -0.496 e. The van der Waals surface area contributed by atoms with Crippen molar-refractivity contribution >= 4 is 22.7 Å². The Hall–Kier alpha value is -1.88. The van der Waals surface area contributed by atoms with Crippen LogP contribution < -0.4 is 10.2 Å². The monoisotopic (exact) mass is 275 g/mol. The Morgan fingerprint density at radius 2 is 2.11 bits per heavy atom. The summed E-state index contributed by atoms with van der Waals surface area (Å²) in [5, 5.41) is 6.98. The van der Waals surface area contributed by atoms with Crippen molar-refractivity contribution in [1.29, 1.82) is 0 Å². The molecule has 0 fully saturated rings. The van der Waals surface area contributed by atoms with E-state index in [0.717, 1.165) is 27.7 Å². The van der Waals surface area contributed by atoms with Gasteiger partial charge in [-0.1, -0.05) is 6.07 Å². The Morgan fingerprint density at radius 1 is 1.32 bits per heavy atom. The Kier molecular flexibility index (Phi) is 4.16. The summed E-state index contributed by atoms with van der Waals surface area (Å²) in [7, 11) is 1.67. The number of aryl methyl sites for hydroxylation is 3. The fourth-order valence-electron chi connectivity index (χ4n) is 1.92. The standard InChI is InChI=1S/C14H17N3OS/c1-9-5-10(2)13(18-4)12(6-9)7-15-17-14-16-11(3)8-19-14/h5-8H,1-4H3,(H,16,17). The van der Waals surface area contributed by atoms with Gasteiger partial charge >= 0.3 is 0 Å². The Labute approximate surface area is 117 Å². The van der Waals surface area contributed by atoms with Crippen molar-refractivity contribution < 1.29 is 4.74 Å². The highest BCUT2D eigenvalue weighted by Gasteiger charge is 2.05. The van der Waals surface area contributed by atoms with E-state index in [1.165, 1.54) is 16.9 Å². The van der Waals surface area contributed by atoms with Gasteiger partial charge in [-0.15, -0.1) is 11.3 Å². The molecule has 0 saturated carbocycles. The van der Waals surface area contributed by atoms with Crippen molar-refractivity contribution in [3.05, 3.63) is 39.9 Å². The number of methoxy groups -OCH3 is 1. The Bertz CT molecular complexity index is 605. The number of nitrogens with one attached hydrogen (secondary N) is 1. The highest BCUT2D eigenvalue weighted by molar-refractivity contribution is 7.13. The van der Waals surface area contributed by atoms with E-state index in [9.17, 15) is 0 Å². The second kappa shape index (κ2) is 5.84. The van der Waals surface area contributed by atoms with E-state index >= 15 is 0 Å². The van der Waals surface area contributed by atoms with E-state index in [-0.39, 0.29) is 0 Å². The van der Waals surface area contributed by atoms with E-state index in [1.807, 2.05) is 25.3 Å². The Morgan fingerprint density at radius 3 is 2.74 bits per heavy atom. The third kappa shape index (κ3) is 3.32. The molecule has 1 aromatic heterocycles. The molecule has 0 unspecified atom stereocenters. The number of aromatic nitrogens is 1. The van der Waals surface area contributed by atoms with Gasteiger partial charge in [0.1, 0.15) is 5.75 Å². The lowest BCUT2D eigenvalue weighted by atomic mass is 10.1. The maximum Gasteiger partial charge on any atom is 0.203 e. The molecule has 0 radical (unpaired) electrons. The van der Waals surface area contributed by atoms with Crippen LogP contribution in [0.3, 0.4) is 0 Å². The van der Waals surface area contributed by atoms with E-state index in [1.54, 1.807) is 13.3 Å². The molecule has 5 heteroatoms. The molecule has 0 bridgehead atoms. The van der Waals surface area contributed by atoms with Crippen molar-refractivity contribution in [2.24, 2.45) is 5.10 Å². The molecule has 0 aliphatic heterocycles. The van der Waals surface area contributed by atoms with E-state index in [4.69, 9.17) is 4.74 Å². The van der Waals surface area contributed by atoms with E-state index in [0.29, 0.717) is 0 Å². The largest absolute Gasteiger partial charge is 0.496 e. The maximum atomic E-state index is 5.41. The van der Waals surface area contributed by atoms with Crippen LogP contribution in [0, 0.1) is 20.8 Å². The lowest BCUT2D eigenvalue weighted by molar-refractivity contribution is 0.411. The average molecular weight is 275 g/mol. The molecule has 0 saturated heterocycles. The molecule has 0 aliphatic rings. The minimum atomic E-state index is 0.789. The molecule has 0 amide bonds. The number of benzene rings is 1. The topological polar surface area (TPSA) is 46.5 Å². The summed E-state index contributed by atoms with van der Waals surface area (Å²) in [5.41, 5.74) is 7.17. The van der Waals surface area contributed by atoms with Gasteiger partial charge in [0.15, 0.2) is 0 Å². The first-order valence-corrected chi connectivity index (χ1v) is 6.84. The van der Waals surface area contributed by atoms with E-state index < -0.39 is 0 Å². The number of ether oxygens (including phenoxy) is 1. The number of anilines is 1. The van der Waals surface area contributed by atoms with Crippen LogP contribution in [-0.2, 0) is 0 Å². The molecule has 2 rings (SSSR count). The second-order valence-electron chi connectivity index (χ2n) is 4.37. The van der Waals surface area contributed by atoms with Crippen molar-refractivity contribution in [1.82, 2.24) is 4.98 Å². The first-order valence-electron chi connectivity index (χ1n) is 5.96. The van der Waals surface area contributed by atoms with Gasteiger partial charge in [-0.3, -0.25) is 5.43 Å². The number of hydrazone groups is 1. The minimum absolute atomic E-state index is 0.789. The predicted octanol–water partition coefficient (Wildman–Crippen LogP) is 3.52. The zero-order valence-corrected chi connectivity index (χ0v) is 12.3. The van der Waals surface area contributed by atoms with Gasteiger partial charge in [0.2, 0.25) is 5.13 Å². The van der Waals surface area contributed by atoms with Crippen LogP contribution in [0.15, 0.2) is 22.6 Å². The van der Waals surface area contributed by atoms with Crippen molar-refractivity contribution in [3.8, 4) is 5.75 Å². The van der Waals surface area contributed by atoms with Crippen LogP contribution in [0.2, 0.25) is 0 Å². The predicted molar refractivity (Wildman–Crippen MR) is 80.5 cm³/mol. The number of thiazole rings is 1. The first-order chi connectivity index (χ1) is 9.10. The number of rotatable bonds is 4. The SMILES string of the molecule is COc1c(C)cc(C)cc1C=NNc1nc(C)cs1. The number of nitrogens with zero attached hydrogens (tertiary/aromatic N) is 2. The average Bonchev–Trinajstić information content (AvgIpc) is 2.74. The lowest BCUT2D eigenvalue weighted by Crippen LogP contribution is -1.97. The summed E-state index contributed by atoms with van der Waals surface area (Å²) < 4.78 is 5.41. The molecule has 4 nitrogen and oxygen atoms in total. The van der Waals surface area contributed by atoms with Crippen LogP contribution in [-0.4, -0.2) is 18.3 Å². The van der Waals surface area contributed by atoms with Crippen LogP contribution in [0.1, 0.15) is 22.4 Å². The van der Waals surface area contributed by atoms with Gasteiger partial charge in [0, 0.05) is 10.9 Å². The van der Waals surface area contributed by atoms with Gasteiger partial charge < -0.3 is 4.74 Å². The zero-order valence-electron chi connectivity index (χ0n) is 11.5. The van der Waals surface area contributed by atoms with Crippen molar-refractivity contribution in [2.75, 3.05) is 12.5 Å². The lowest BCUT2D eigenvalue weighted by Gasteiger charge is -2.09. The van der Waals surface area contributed by atoms with Crippen LogP contribution in [0.4, 0.5) is 5.13 Å². The molecule has 100 valence electrons. The van der Waals surface area contributed by atoms with Gasteiger partial charge in [-0.2, -0.15) is 5.10 Å². The fourth-order valence-corrected chi connectivity index (χ4v) is 2.56. The molecule has 1 N–H and O–H groups in total. The molecular formula is C14H17N3OS. The number of hydrogen-bond donors (Lipinski definition) is 1. The molecule has 19 heavy (non-hydrogen) atoms. The number of hydrogen-bond acceptors (Lipinski definition) is 5. The molecule has 0 aliphatic carbocycles. The van der Waals surface area contributed by atoms with Crippen LogP contribution >= 0.6 is 11.3 Å². The third-order valence-corrected chi connectivity index (χ3v) is 3.50. The molecule has 0 spiro atoms. The van der Waals surface area contributed by atoms with Crippen molar-refractivity contribution in [2.45, 2.75) is 20.8 Å². The van der Waals surface area contributed by atoms with Crippen molar-refractivity contribution in [3.63, 3.8) is 0 Å². The van der Waals surface area contributed by atoms with Gasteiger partial charge in [0.25, 0.3) is 0 Å². The third-order valence-electron chi connectivity index (χ3n) is 2.63. The highest BCUT2D eigenvalue weighted by Crippen LogP contribution is 2.23. The quantitative estimate of drug-likeness (QED) is 0.686. The van der Waals surface area contributed by atoms with Gasteiger partial charge in [-0.05, 0) is 38.0 Å². The second-order valence-corrected chi connectivity index (χ2v) is 5.23. The van der Waals surface area contributed by atoms with Crippen LogP contribution in [0.25, 0.3) is 0 Å². The highest BCUT2D eigenvalue weighted by atomic mass is 32.1. The summed E-state index contributed by atoms with van der Waals surface area (Å²) >= 11 is 1.53. The fraction of sp³-hybridized carbons (Fsp3) is 0.286. The van der Waals surface area contributed by atoms with Gasteiger partial charge in [0.05, 0.1) is 19.0 Å². The maximum absolute atomic E-state index is 5.41. The summed E-state index contributed by atoms with van der Waals surface area (Å²) in [6.07, 6.45) is 1.76. The molecular weight excluding hydrogens is 258 g/mol. The Balaban J connectivity index is 2.18. The van der Waals surface area contributed by atoms with Gasteiger partial charge in [-0.25, -0.2) is 4.98 Å². The summed E-state index contributed by atoms with van der Waals surface area (Å²) in [4.78, 5) is 4.28. The molecule has 2 aromatic rings. The first kappa shape index (κ1) is 13.5.